The quantitative estimate of drug-likeness (QED) is 0.843. The van der Waals surface area contributed by atoms with Gasteiger partial charge in [-0.25, -0.2) is 0 Å². The van der Waals surface area contributed by atoms with E-state index in [1.54, 1.807) is 5.56 Å². The lowest BCUT2D eigenvalue weighted by Gasteiger charge is -2.23. The minimum Gasteiger partial charge on any atom is -0.312 e. The average molecular weight is 258 g/mol. The van der Waals surface area contributed by atoms with Crippen LogP contribution in [0.3, 0.4) is 0 Å². The third kappa shape index (κ3) is 3.37. The van der Waals surface area contributed by atoms with Gasteiger partial charge in [0.25, 0.3) is 0 Å². The van der Waals surface area contributed by atoms with E-state index in [0.717, 1.165) is 25.7 Å². The maximum atomic E-state index is 3.48. The highest BCUT2D eigenvalue weighted by Gasteiger charge is 2.28. The lowest BCUT2D eigenvalue weighted by atomic mass is 9.98. The molecule has 2 heteroatoms. The zero-order chi connectivity index (χ0) is 13.1. The van der Waals surface area contributed by atoms with Crippen molar-refractivity contribution >= 4 is 0 Å². The van der Waals surface area contributed by atoms with Crippen LogP contribution in [0.25, 0.3) is 0 Å². The number of rotatable bonds is 6. The highest BCUT2D eigenvalue weighted by molar-refractivity contribution is 5.33. The molecule has 104 valence electrons. The van der Waals surface area contributed by atoms with E-state index in [-0.39, 0.29) is 0 Å². The fourth-order valence-corrected chi connectivity index (χ4v) is 3.06. The summed E-state index contributed by atoms with van der Waals surface area (Å²) in [5.74, 6) is 0. The highest BCUT2D eigenvalue weighted by Crippen LogP contribution is 2.29. The van der Waals surface area contributed by atoms with E-state index in [9.17, 15) is 0 Å². The molecule has 0 spiro atoms. The van der Waals surface area contributed by atoms with Gasteiger partial charge in [-0.3, -0.25) is 4.90 Å². The van der Waals surface area contributed by atoms with E-state index in [2.05, 4.69) is 35.3 Å². The Kier molecular flexibility index (Phi) is 4.19. The van der Waals surface area contributed by atoms with Crippen LogP contribution in [0.5, 0.6) is 0 Å². The van der Waals surface area contributed by atoms with Crippen molar-refractivity contribution in [3.63, 3.8) is 0 Å². The number of benzene rings is 1. The van der Waals surface area contributed by atoms with E-state index in [0.29, 0.717) is 0 Å². The molecule has 19 heavy (non-hydrogen) atoms. The molecule has 0 bridgehead atoms. The molecule has 1 aliphatic heterocycles. The molecule has 1 aromatic rings. The summed E-state index contributed by atoms with van der Waals surface area (Å²) in [5.41, 5.74) is 4.58. The van der Waals surface area contributed by atoms with E-state index in [1.807, 2.05) is 0 Å². The summed E-state index contributed by atoms with van der Waals surface area (Å²) in [6.45, 7) is 6.91. The maximum Gasteiger partial charge on any atom is 0.0236 e. The molecule has 1 aliphatic carbocycles. The van der Waals surface area contributed by atoms with Crippen molar-refractivity contribution < 1.29 is 0 Å². The highest BCUT2D eigenvalue weighted by atomic mass is 15.2. The standard InChI is InChI=1S/C17H26N2/c1-2-3-10-19(17-6-7-17)13-14-4-5-15-8-9-18-12-16(15)11-14/h4-5,11,17-18H,2-3,6-10,12-13H2,1H3. The molecule has 0 amide bonds. The van der Waals surface area contributed by atoms with Crippen molar-refractivity contribution in [2.45, 2.75) is 58.2 Å². The molecule has 0 aromatic heterocycles. The SMILES string of the molecule is CCCCN(Cc1ccc2c(c1)CNCC2)C1CC1. The second kappa shape index (κ2) is 6.06. The Balaban J connectivity index is 1.67. The van der Waals surface area contributed by atoms with E-state index >= 15 is 0 Å². The molecule has 0 radical (unpaired) electrons. The molecule has 2 nitrogen and oxygen atoms in total. The fourth-order valence-electron chi connectivity index (χ4n) is 3.06. The largest absolute Gasteiger partial charge is 0.312 e. The van der Waals surface area contributed by atoms with E-state index < -0.39 is 0 Å². The summed E-state index contributed by atoms with van der Waals surface area (Å²) >= 11 is 0. The summed E-state index contributed by atoms with van der Waals surface area (Å²) in [7, 11) is 0. The van der Waals surface area contributed by atoms with Crippen LogP contribution in [0, 0.1) is 0 Å². The van der Waals surface area contributed by atoms with Gasteiger partial charge in [0.05, 0.1) is 0 Å². The van der Waals surface area contributed by atoms with Crippen LogP contribution in [-0.4, -0.2) is 24.0 Å². The Morgan fingerprint density at radius 3 is 2.95 bits per heavy atom. The van der Waals surface area contributed by atoms with Crippen LogP contribution in [0.2, 0.25) is 0 Å². The Bertz CT molecular complexity index is 423. The molecule has 0 atom stereocenters. The van der Waals surface area contributed by atoms with Crippen molar-refractivity contribution in [1.82, 2.24) is 10.2 Å². The number of nitrogens with one attached hydrogen (secondary N) is 1. The molecule has 1 heterocycles. The van der Waals surface area contributed by atoms with Crippen molar-refractivity contribution in [1.29, 1.82) is 0 Å². The van der Waals surface area contributed by atoms with Gasteiger partial charge in [-0.1, -0.05) is 31.5 Å². The second-order valence-electron chi connectivity index (χ2n) is 6.09. The third-order valence-corrected chi connectivity index (χ3v) is 4.41. The number of unbranched alkanes of at least 4 members (excludes halogenated alkanes) is 1. The van der Waals surface area contributed by atoms with Crippen molar-refractivity contribution in [2.75, 3.05) is 13.1 Å². The second-order valence-corrected chi connectivity index (χ2v) is 6.09. The zero-order valence-corrected chi connectivity index (χ0v) is 12.1. The van der Waals surface area contributed by atoms with Crippen LogP contribution < -0.4 is 5.32 Å². The van der Waals surface area contributed by atoms with E-state index in [4.69, 9.17) is 0 Å². The molecule has 0 unspecified atom stereocenters. The lowest BCUT2D eigenvalue weighted by molar-refractivity contribution is 0.250. The number of hydrogen-bond donors (Lipinski definition) is 1. The van der Waals surface area contributed by atoms with Crippen LogP contribution in [0.1, 0.15) is 49.3 Å². The Morgan fingerprint density at radius 2 is 2.16 bits per heavy atom. The molecule has 1 saturated carbocycles. The minimum atomic E-state index is 0.876. The molecule has 1 aromatic carbocycles. The van der Waals surface area contributed by atoms with Crippen LogP contribution >= 0.6 is 0 Å². The topological polar surface area (TPSA) is 15.3 Å². The summed E-state index contributed by atoms with van der Waals surface area (Å²) in [6.07, 6.45) is 6.66. The minimum absolute atomic E-state index is 0.876. The summed E-state index contributed by atoms with van der Waals surface area (Å²) in [4.78, 5) is 2.70. The fraction of sp³-hybridized carbons (Fsp3) is 0.647. The van der Waals surface area contributed by atoms with Gasteiger partial charge in [-0.05, 0) is 55.5 Å². The van der Waals surface area contributed by atoms with Crippen LogP contribution in [0.4, 0.5) is 0 Å². The first-order chi connectivity index (χ1) is 9.36. The van der Waals surface area contributed by atoms with Crippen LogP contribution in [-0.2, 0) is 19.5 Å². The van der Waals surface area contributed by atoms with Crippen molar-refractivity contribution in [2.24, 2.45) is 0 Å². The monoisotopic (exact) mass is 258 g/mol. The Morgan fingerprint density at radius 1 is 1.26 bits per heavy atom. The maximum absolute atomic E-state index is 3.48. The van der Waals surface area contributed by atoms with Crippen molar-refractivity contribution in [3.8, 4) is 0 Å². The molecule has 1 N–H and O–H groups in total. The van der Waals surface area contributed by atoms with Gasteiger partial charge in [-0.2, -0.15) is 0 Å². The Labute approximate surface area is 117 Å². The van der Waals surface area contributed by atoms with Gasteiger partial charge in [0.2, 0.25) is 0 Å². The average Bonchev–Trinajstić information content (AvgIpc) is 3.28. The van der Waals surface area contributed by atoms with Gasteiger partial charge in [0.1, 0.15) is 0 Å². The first-order valence-electron chi connectivity index (χ1n) is 7.92. The van der Waals surface area contributed by atoms with Gasteiger partial charge in [0.15, 0.2) is 0 Å². The summed E-state index contributed by atoms with van der Waals surface area (Å²) in [6, 6.07) is 8.02. The first kappa shape index (κ1) is 13.1. The number of hydrogen-bond acceptors (Lipinski definition) is 2. The predicted molar refractivity (Wildman–Crippen MR) is 80.2 cm³/mol. The molecule has 1 fully saturated rings. The summed E-state index contributed by atoms with van der Waals surface area (Å²) in [5, 5.41) is 3.48. The predicted octanol–water partition coefficient (Wildman–Crippen LogP) is 3.10. The van der Waals surface area contributed by atoms with Gasteiger partial charge in [-0.15, -0.1) is 0 Å². The third-order valence-electron chi connectivity index (χ3n) is 4.41. The van der Waals surface area contributed by atoms with Gasteiger partial charge in [0, 0.05) is 19.1 Å². The smallest absolute Gasteiger partial charge is 0.0236 e. The van der Waals surface area contributed by atoms with Crippen LogP contribution in [0.15, 0.2) is 18.2 Å². The number of nitrogens with zero attached hydrogens (tertiary/aromatic N) is 1. The first-order valence-corrected chi connectivity index (χ1v) is 7.92. The lowest BCUT2D eigenvalue weighted by Crippen LogP contribution is -2.27. The molecule has 2 aliphatic rings. The van der Waals surface area contributed by atoms with Gasteiger partial charge >= 0.3 is 0 Å². The van der Waals surface area contributed by atoms with E-state index in [1.165, 1.54) is 49.8 Å². The molecule has 3 rings (SSSR count). The summed E-state index contributed by atoms with van der Waals surface area (Å²) < 4.78 is 0. The normalized spacial score (nSPS) is 18.6. The zero-order valence-electron chi connectivity index (χ0n) is 12.1. The Hall–Kier alpha value is -0.860. The van der Waals surface area contributed by atoms with Gasteiger partial charge < -0.3 is 5.32 Å². The van der Waals surface area contributed by atoms with Crippen molar-refractivity contribution in [3.05, 3.63) is 34.9 Å². The molecule has 0 saturated heterocycles. The molecular formula is C17H26N2. The number of fused-ring (bicyclic) bond motifs is 1. The molecular weight excluding hydrogens is 232 g/mol.